The molecule has 0 saturated carbocycles. The van der Waals surface area contributed by atoms with Crippen LogP contribution >= 0.6 is 0 Å². The summed E-state index contributed by atoms with van der Waals surface area (Å²) in [4.78, 5) is 0. The van der Waals surface area contributed by atoms with Gasteiger partial charge in [0.25, 0.3) is 0 Å². The van der Waals surface area contributed by atoms with Crippen LogP contribution in [0.4, 0.5) is 32.6 Å². The van der Waals surface area contributed by atoms with Gasteiger partial charge in [-0.2, -0.15) is 4.21 Å². The van der Waals surface area contributed by atoms with Crippen LogP contribution in [0.15, 0.2) is 104 Å². The second kappa shape index (κ2) is 11.2. The third kappa shape index (κ3) is 7.47. The third-order valence-electron chi connectivity index (χ3n) is 5.10. The van der Waals surface area contributed by atoms with Crippen molar-refractivity contribution in [2.45, 2.75) is 0 Å². The summed E-state index contributed by atoms with van der Waals surface area (Å²) < 4.78 is 92.7. The zero-order valence-corrected chi connectivity index (χ0v) is 20.9. The molecule has 0 aromatic heterocycles. The molecule has 192 valence electrons. The molecule has 0 bridgehead atoms. The minimum Gasteiger partial charge on any atom is -0.413 e. The first-order valence-electron chi connectivity index (χ1n) is 10.3. The first-order chi connectivity index (χ1) is 17.6. The van der Waals surface area contributed by atoms with Crippen LogP contribution in [0.1, 0.15) is 0 Å². The van der Waals surface area contributed by atoms with E-state index in [4.69, 9.17) is 0 Å². The Labute approximate surface area is 214 Å². The van der Waals surface area contributed by atoms with Crippen molar-refractivity contribution in [3.05, 3.63) is 91.0 Å². The standard InChI is InChI=1S/C24H15F4N3O3S3/c25-35(32)29-22-7-1-16(2-8-22)19-13-20(17-3-9-23(10-4-17)30-36(26)33)15-21(14-19)18-5-11-24(12-6-18)31-37(27,28)34/h1-15H/q-2. The molecule has 4 aromatic carbocycles. The van der Waals surface area contributed by atoms with E-state index in [1.165, 1.54) is 36.4 Å². The average molecular weight is 566 g/mol. The van der Waals surface area contributed by atoms with Gasteiger partial charge in [-0.25, -0.2) is 0 Å². The molecule has 13 heteroatoms. The van der Waals surface area contributed by atoms with Gasteiger partial charge in [0, 0.05) is 11.4 Å². The van der Waals surface area contributed by atoms with E-state index in [0.717, 1.165) is 22.3 Å². The summed E-state index contributed by atoms with van der Waals surface area (Å²) in [5, 5.41) is 0. The van der Waals surface area contributed by atoms with Gasteiger partial charge in [0.05, 0.1) is 5.69 Å². The topological polar surface area (TPSA) is 88.3 Å². The number of halogens is 4. The highest BCUT2D eigenvalue weighted by Gasteiger charge is 2.09. The third-order valence-corrected chi connectivity index (χ3v) is 6.23. The van der Waals surface area contributed by atoms with Crippen molar-refractivity contribution in [3.8, 4) is 33.4 Å². The first kappa shape index (κ1) is 26.5. The highest BCUT2D eigenvalue weighted by molar-refractivity contribution is 7.83. The van der Waals surface area contributed by atoms with Crippen molar-refractivity contribution in [1.29, 1.82) is 0 Å². The van der Waals surface area contributed by atoms with E-state index in [-0.39, 0.29) is 17.1 Å². The molecule has 4 aromatic rings. The zero-order chi connectivity index (χ0) is 26.6. The Balaban J connectivity index is 1.82. The van der Waals surface area contributed by atoms with Crippen LogP contribution in [-0.4, -0.2) is 4.21 Å². The molecule has 0 aliphatic rings. The number of rotatable bonds is 6. The Bertz CT molecular complexity index is 1640. The van der Waals surface area contributed by atoms with Crippen LogP contribution in [0.5, 0.6) is 0 Å². The van der Waals surface area contributed by atoms with E-state index >= 15 is 0 Å². The lowest BCUT2D eigenvalue weighted by Crippen LogP contribution is -1.86. The van der Waals surface area contributed by atoms with E-state index in [0.29, 0.717) is 11.1 Å². The lowest BCUT2D eigenvalue weighted by Gasteiger charge is -2.12. The average Bonchev–Trinajstić information content (AvgIpc) is 2.83. The van der Waals surface area contributed by atoms with Crippen molar-refractivity contribution in [1.82, 2.24) is 0 Å². The minimum atomic E-state index is -5.29. The predicted octanol–water partition coefficient (Wildman–Crippen LogP) is 8.88. The van der Waals surface area contributed by atoms with Gasteiger partial charge >= 0.3 is 10.5 Å². The van der Waals surface area contributed by atoms with Gasteiger partial charge in [-0.05, 0) is 110 Å². The highest BCUT2D eigenvalue weighted by Crippen LogP contribution is 2.35. The Hall–Kier alpha value is -3.55. The molecule has 0 atom stereocenters. The Morgan fingerprint density at radius 1 is 0.514 bits per heavy atom. The van der Waals surface area contributed by atoms with Crippen LogP contribution < -0.4 is 0 Å². The van der Waals surface area contributed by atoms with Gasteiger partial charge in [-0.1, -0.05) is 44.2 Å². The SMILES string of the molecule is O=[S-](F)=Nc1ccc(-c2cc(-c3ccc(N=[S-](=O)F)cc3)cc(-c3ccc(N=S(=O)(F)F)cc3)c2)cc1. The summed E-state index contributed by atoms with van der Waals surface area (Å²) in [5.41, 5.74) is 4.56. The predicted molar refractivity (Wildman–Crippen MR) is 138 cm³/mol. The van der Waals surface area contributed by atoms with Gasteiger partial charge in [0.1, 0.15) is 0 Å². The maximum absolute atomic E-state index is 12.8. The van der Waals surface area contributed by atoms with Crippen LogP contribution in [0, 0.1) is 0 Å². The van der Waals surface area contributed by atoms with Crippen LogP contribution in [-0.2, 0) is 40.9 Å². The summed E-state index contributed by atoms with van der Waals surface area (Å²) in [6.07, 6.45) is 0. The monoisotopic (exact) mass is 565 g/mol. The summed E-state index contributed by atoms with van der Waals surface area (Å²) in [7, 11) is -11.0. The molecular formula is C24H15F4N3O3S3-2. The fourth-order valence-electron chi connectivity index (χ4n) is 3.56. The molecule has 37 heavy (non-hydrogen) atoms. The van der Waals surface area contributed by atoms with Gasteiger partial charge < -0.3 is 24.9 Å². The summed E-state index contributed by atoms with van der Waals surface area (Å²) in [6.45, 7) is 0. The van der Waals surface area contributed by atoms with Crippen molar-refractivity contribution < 1.29 is 28.2 Å². The largest absolute Gasteiger partial charge is 0.413 e. The molecular weight excluding hydrogens is 550 g/mol. The molecule has 0 radical (unpaired) electrons. The molecule has 0 N–H and O–H groups in total. The lowest BCUT2D eigenvalue weighted by molar-refractivity contribution is 0.577. The second-order valence-electron chi connectivity index (χ2n) is 7.52. The van der Waals surface area contributed by atoms with E-state index in [9.17, 15) is 28.2 Å². The Morgan fingerprint density at radius 2 is 0.811 bits per heavy atom. The summed E-state index contributed by atoms with van der Waals surface area (Å²) in [6, 6.07) is 24.1. The van der Waals surface area contributed by atoms with E-state index in [2.05, 4.69) is 13.1 Å². The van der Waals surface area contributed by atoms with Gasteiger partial charge in [-0.15, -0.1) is 4.36 Å². The summed E-state index contributed by atoms with van der Waals surface area (Å²) in [5.74, 6) is 0. The molecule has 0 amide bonds. The minimum absolute atomic E-state index is 0.135. The number of benzene rings is 4. The summed E-state index contributed by atoms with van der Waals surface area (Å²) >= 11 is 0. The van der Waals surface area contributed by atoms with E-state index < -0.39 is 32.5 Å². The molecule has 0 heterocycles. The number of hydrogen-bond acceptors (Lipinski definition) is 8. The molecule has 0 spiro atoms. The molecule has 0 aliphatic carbocycles. The second-order valence-corrected chi connectivity index (χ2v) is 9.69. The van der Waals surface area contributed by atoms with Crippen LogP contribution in [0.3, 0.4) is 0 Å². The molecule has 0 unspecified atom stereocenters. The fourth-order valence-corrected chi connectivity index (χ4v) is 4.50. The molecule has 4 rings (SSSR count). The van der Waals surface area contributed by atoms with Crippen LogP contribution in [0.25, 0.3) is 33.4 Å². The van der Waals surface area contributed by atoms with Crippen LogP contribution in [0.2, 0.25) is 0 Å². The molecule has 0 fully saturated rings. The van der Waals surface area contributed by atoms with Gasteiger partial charge in [0.2, 0.25) is 0 Å². The highest BCUT2D eigenvalue weighted by atomic mass is 32.3. The normalized spacial score (nSPS) is 13.4. The smallest absolute Gasteiger partial charge is 0.371 e. The van der Waals surface area contributed by atoms with Crippen molar-refractivity contribution >= 4 is 49.5 Å². The number of nitrogens with zero attached hydrogens (tertiary/aromatic N) is 3. The van der Waals surface area contributed by atoms with Gasteiger partial charge in [-0.3, -0.25) is 0 Å². The Kier molecular flexibility index (Phi) is 8.05. The van der Waals surface area contributed by atoms with E-state index in [1.54, 1.807) is 36.4 Å². The van der Waals surface area contributed by atoms with Crippen molar-refractivity contribution in [3.63, 3.8) is 0 Å². The molecule has 0 aliphatic heterocycles. The number of hydrogen-bond donors (Lipinski definition) is 0. The maximum Gasteiger partial charge on any atom is 0.371 e. The quantitative estimate of drug-likeness (QED) is 0.133. The van der Waals surface area contributed by atoms with Crippen molar-refractivity contribution in [2.75, 3.05) is 0 Å². The molecule has 6 nitrogen and oxygen atoms in total. The van der Waals surface area contributed by atoms with Crippen molar-refractivity contribution in [2.24, 2.45) is 13.1 Å². The Morgan fingerprint density at radius 3 is 1.08 bits per heavy atom. The van der Waals surface area contributed by atoms with E-state index in [1.807, 2.05) is 18.2 Å². The first-order valence-corrected chi connectivity index (χ1v) is 13.6. The van der Waals surface area contributed by atoms with Gasteiger partial charge in [0.15, 0.2) is 0 Å². The fraction of sp³-hybridized carbons (Fsp3) is 0. The zero-order valence-electron chi connectivity index (χ0n) is 18.5. The molecule has 0 saturated heterocycles. The lowest BCUT2D eigenvalue weighted by atomic mass is 9.93. The maximum atomic E-state index is 12.8.